The Morgan fingerprint density at radius 3 is 2.13 bits per heavy atom. The number of pyridine rings is 2. The third kappa shape index (κ3) is 4.30. The van der Waals surface area contributed by atoms with Crippen LogP contribution < -0.4 is 0 Å². The number of rotatable bonds is 4. The Bertz CT molecular complexity index is 1190. The summed E-state index contributed by atoms with van der Waals surface area (Å²) in [6, 6.07) is 1.27. The first-order valence-electron chi connectivity index (χ1n) is 8.20. The molecule has 30 heavy (non-hydrogen) atoms. The lowest BCUT2D eigenvalue weighted by Crippen LogP contribution is -2.14. The van der Waals surface area contributed by atoms with Crippen molar-refractivity contribution in [3.63, 3.8) is 0 Å². The maximum absolute atomic E-state index is 13.0. The molecule has 0 radical (unpaired) electrons. The number of aromatic nitrogens is 4. The van der Waals surface area contributed by atoms with Crippen LogP contribution in [0.2, 0.25) is 0 Å². The van der Waals surface area contributed by atoms with E-state index < -0.39 is 49.8 Å². The average Bonchev–Trinajstić information content (AvgIpc) is 3.16. The van der Waals surface area contributed by atoms with Crippen LogP contribution in [0, 0.1) is 0 Å². The Morgan fingerprint density at radius 1 is 0.900 bits per heavy atom. The quantitative estimate of drug-likeness (QED) is 0.558. The smallest absolute Gasteiger partial charge is 0.263 e. The van der Waals surface area contributed by atoms with Gasteiger partial charge in [0.25, 0.3) is 0 Å². The maximum atomic E-state index is 13.0. The second-order valence-electron chi connectivity index (χ2n) is 6.08. The first kappa shape index (κ1) is 21.7. The number of hydrogen-bond acceptors (Lipinski definition) is 5. The third-order valence-electron chi connectivity index (χ3n) is 4.07. The molecule has 0 spiro atoms. The highest BCUT2D eigenvalue weighted by molar-refractivity contribution is 7.91. The molecule has 0 fully saturated rings. The molecule has 0 aliphatic rings. The molecule has 3 rings (SSSR count). The van der Waals surface area contributed by atoms with Crippen molar-refractivity contribution in [1.82, 2.24) is 19.7 Å². The van der Waals surface area contributed by atoms with Crippen LogP contribution in [0.1, 0.15) is 18.1 Å². The molecule has 0 aliphatic heterocycles. The highest BCUT2D eigenvalue weighted by Crippen LogP contribution is 2.33. The minimum atomic E-state index is -4.82. The molecule has 0 saturated heterocycles. The van der Waals surface area contributed by atoms with Crippen LogP contribution in [-0.2, 0) is 22.2 Å². The monoisotopic (exact) mass is 450 g/mol. The van der Waals surface area contributed by atoms with E-state index in [2.05, 4.69) is 15.1 Å². The summed E-state index contributed by atoms with van der Waals surface area (Å²) in [5.41, 5.74) is -2.10. The first-order valence-corrected chi connectivity index (χ1v) is 9.86. The van der Waals surface area contributed by atoms with Crippen LogP contribution in [0.3, 0.4) is 0 Å². The van der Waals surface area contributed by atoms with E-state index in [-0.39, 0.29) is 11.1 Å². The molecular weight excluding hydrogens is 438 g/mol. The van der Waals surface area contributed by atoms with Gasteiger partial charge in [0.2, 0.25) is 0 Å². The summed E-state index contributed by atoms with van der Waals surface area (Å²) in [6.45, 7) is 1.25. The SMILES string of the molecule is CCS(=O)(=O)c1cc(C(F)(F)F)cnc1-n1cc(-c2cncc(C(F)(F)F)c2)cn1. The zero-order valence-electron chi connectivity index (χ0n) is 15.0. The summed E-state index contributed by atoms with van der Waals surface area (Å²) in [7, 11) is -4.13. The van der Waals surface area contributed by atoms with Crippen molar-refractivity contribution in [2.24, 2.45) is 0 Å². The molecule has 0 unspecified atom stereocenters. The minimum absolute atomic E-state index is 0.0304. The van der Waals surface area contributed by atoms with Gasteiger partial charge >= 0.3 is 12.4 Å². The van der Waals surface area contributed by atoms with E-state index in [4.69, 9.17) is 0 Å². The normalized spacial score (nSPS) is 12.9. The molecule has 13 heteroatoms. The van der Waals surface area contributed by atoms with Crippen LogP contribution in [0.5, 0.6) is 0 Å². The molecule has 0 atom stereocenters. The fourth-order valence-corrected chi connectivity index (χ4v) is 3.53. The van der Waals surface area contributed by atoms with Gasteiger partial charge in [-0.25, -0.2) is 18.1 Å². The molecule has 0 bridgehead atoms. The van der Waals surface area contributed by atoms with Gasteiger partial charge in [0.05, 0.1) is 23.1 Å². The Morgan fingerprint density at radius 2 is 1.53 bits per heavy atom. The van der Waals surface area contributed by atoms with Crippen LogP contribution >= 0.6 is 0 Å². The Balaban J connectivity index is 2.12. The van der Waals surface area contributed by atoms with Crippen molar-refractivity contribution in [3.05, 3.63) is 54.2 Å². The lowest BCUT2D eigenvalue weighted by Gasteiger charge is -2.12. The molecule has 0 saturated carbocycles. The van der Waals surface area contributed by atoms with Gasteiger partial charge in [-0.15, -0.1) is 0 Å². The van der Waals surface area contributed by atoms with Gasteiger partial charge in [0.1, 0.15) is 4.90 Å². The molecule has 160 valence electrons. The van der Waals surface area contributed by atoms with Crippen molar-refractivity contribution < 1.29 is 34.8 Å². The van der Waals surface area contributed by atoms with Gasteiger partial charge in [-0.3, -0.25) is 4.98 Å². The van der Waals surface area contributed by atoms with E-state index in [0.717, 1.165) is 29.3 Å². The van der Waals surface area contributed by atoms with Gasteiger partial charge in [0.15, 0.2) is 15.7 Å². The van der Waals surface area contributed by atoms with Crippen molar-refractivity contribution in [1.29, 1.82) is 0 Å². The molecular formula is C17H12F6N4O2S. The van der Waals surface area contributed by atoms with Gasteiger partial charge in [-0.1, -0.05) is 6.92 Å². The van der Waals surface area contributed by atoms with Gasteiger partial charge in [-0.2, -0.15) is 31.4 Å². The van der Waals surface area contributed by atoms with Crippen molar-refractivity contribution in [3.8, 4) is 16.9 Å². The lowest BCUT2D eigenvalue weighted by atomic mass is 10.1. The van der Waals surface area contributed by atoms with E-state index in [9.17, 15) is 34.8 Å². The van der Waals surface area contributed by atoms with Crippen LogP contribution in [0.15, 0.2) is 48.0 Å². The zero-order chi connectivity index (χ0) is 22.3. The van der Waals surface area contributed by atoms with Gasteiger partial charge in [0, 0.05) is 35.9 Å². The predicted octanol–water partition coefficient (Wildman–Crippen LogP) is 4.16. The first-order chi connectivity index (χ1) is 13.8. The van der Waals surface area contributed by atoms with Crippen molar-refractivity contribution in [2.45, 2.75) is 24.2 Å². The summed E-state index contributed by atoms with van der Waals surface area (Å²) >= 11 is 0. The number of alkyl halides is 6. The molecule has 3 aromatic rings. The fourth-order valence-electron chi connectivity index (χ4n) is 2.49. The standard InChI is InChI=1S/C17H12F6N4O2S/c1-2-30(28,29)14-4-13(17(21,22)23)8-25-15(14)27-9-11(6-26-27)10-3-12(7-24-5-10)16(18,19)20/h3-9H,2H2,1H3. The molecule has 0 amide bonds. The molecule has 0 N–H and O–H groups in total. The van der Waals surface area contributed by atoms with Gasteiger partial charge in [-0.05, 0) is 12.1 Å². The van der Waals surface area contributed by atoms with E-state index in [1.807, 2.05) is 0 Å². The maximum Gasteiger partial charge on any atom is 0.417 e. The summed E-state index contributed by atoms with van der Waals surface area (Å²) in [5, 5.41) is 3.85. The Labute approximate surface area is 166 Å². The van der Waals surface area contributed by atoms with E-state index >= 15 is 0 Å². The summed E-state index contributed by atoms with van der Waals surface area (Å²) in [5.74, 6) is -0.898. The summed E-state index contributed by atoms with van der Waals surface area (Å²) in [4.78, 5) is 6.43. The largest absolute Gasteiger partial charge is 0.417 e. The second kappa shape index (κ2) is 7.38. The Kier molecular flexibility index (Phi) is 5.35. The van der Waals surface area contributed by atoms with E-state index in [1.54, 1.807) is 0 Å². The minimum Gasteiger partial charge on any atom is -0.263 e. The van der Waals surface area contributed by atoms with Crippen molar-refractivity contribution >= 4 is 9.84 Å². The fraction of sp³-hybridized carbons (Fsp3) is 0.235. The summed E-state index contributed by atoms with van der Waals surface area (Å²) in [6.07, 6.45) is -4.94. The number of sulfone groups is 1. The lowest BCUT2D eigenvalue weighted by molar-refractivity contribution is -0.138. The third-order valence-corrected chi connectivity index (χ3v) is 5.80. The number of nitrogens with zero attached hydrogens (tertiary/aromatic N) is 4. The predicted molar refractivity (Wildman–Crippen MR) is 92.3 cm³/mol. The van der Waals surface area contributed by atoms with Crippen molar-refractivity contribution in [2.75, 3.05) is 5.75 Å². The molecule has 0 aromatic carbocycles. The van der Waals surface area contributed by atoms with Crippen LogP contribution in [0.4, 0.5) is 26.3 Å². The topological polar surface area (TPSA) is 77.7 Å². The van der Waals surface area contributed by atoms with Gasteiger partial charge < -0.3 is 0 Å². The highest BCUT2D eigenvalue weighted by Gasteiger charge is 2.34. The summed E-state index contributed by atoms with van der Waals surface area (Å²) < 4.78 is 103. The Hall–Kier alpha value is -2.96. The van der Waals surface area contributed by atoms with Crippen LogP contribution in [0.25, 0.3) is 16.9 Å². The van der Waals surface area contributed by atoms with Crippen LogP contribution in [-0.4, -0.2) is 33.9 Å². The van der Waals surface area contributed by atoms with E-state index in [0.29, 0.717) is 18.5 Å². The second-order valence-corrected chi connectivity index (χ2v) is 8.33. The number of halogens is 6. The average molecular weight is 450 g/mol. The number of hydrogen-bond donors (Lipinski definition) is 0. The molecule has 6 nitrogen and oxygen atoms in total. The molecule has 0 aliphatic carbocycles. The zero-order valence-corrected chi connectivity index (χ0v) is 15.8. The molecule has 3 heterocycles. The highest BCUT2D eigenvalue weighted by atomic mass is 32.2. The molecule has 3 aromatic heterocycles. The van der Waals surface area contributed by atoms with E-state index in [1.165, 1.54) is 6.92 Å².